The Labute approximate surface area is 147 Å². The number of likely N-dealkylation sites (tertiary alicyclic amines) is 2. The van der Waals surface area contributed by atoms with Gasteiger partial charge in [0.05, 0.1) is 12.5 Å². The summed E-state index contributed by atoms with van der Waals surface area (Å²) in [5, 5.41) is 0. The molecule has 0 spiro atoms. The molecular formula is C19H25FN2O3. The molecule has 0 saturated carbocycles. The number of nitrogens with zero attached hydrogens (tertiary/aromatic N) is 2. The van der Waals surface area contributed by atoms with E-state index in [-0.39, 0.29) is 29.5 Å². The molecule has 2 saturated heterocycles. The summed E-state index contributed by atoms with van der Waals surface area (Å²) in [6.07, 6.45) is 2.29. The van der Waals surface area contributed by atoms with Crippen LogP contribution in [0.15, 0.2) is 24.3 Å². The lowest BCUT2D eigenvalue weighted by Crippen LogP contribution is -2.44. The minimum Gasteiger partial charge on any atom is -0.493 e. The van der Waals surface area contributed by atoms with Gasteiger partial charge in [-0.3, -0.25) is 9.59 Å². The lowest BCUT2D eigenvalue weighted by Gasteiger charge is -2.34. The summed E-state index contributed by atoms with van der Waals surface area (Å²) in [6, 6.07) is 5.99. The van der Waals surface area contributed by atoms with Crippen molar-refractivity contribution in [3.8, 4) is 5.75 Å². The number of piperidine rings is 1. The smallest absolute Gasteiger partial charge is 0.228 e. The molecule has 5 nitrogen and oxygen atoms in total. The Bertz CT molecular complexity index is 620. The van der Waals surface area contributed by atoms with Gasteiger partial charge in [-0.1, -0.05) is 0 Å². The third kappa shape index (κ3) is 4.30. The molecule has 2 amide bonds. The number of hydrogen-bond donors (Lipinski definition) is 0. The molecule has 2 fully saturated rings. The molecule has 2 heterocycles. The van der Waals surface area contributed by atoms with Crippen LogP contribution in [0.4, 0.5) is 4.39 Å². The summed E-state index contributed by atoms with van der Waals surface area (Å²) in [6.45, 7) is 5.08. The van der Waals surface area contributed by atoms with E-state index >= 15 is 0 Å². The summed E-state index contributed by atoms with van der Waals surface area (Å²) < 4.78 is 18.7. The second-order valence-electron chi connectivity index (χ2n) is 6.89. The molecule has 0 aromatic heterocycles. The fourth-order valence-corrected chi connectivity index (χ4v) is 3.65. The minimum absolute atomic E-state index is 0.0778. The normalized spacial score (nSPS) is 23.8. The molecule has 136 valence electrons. The van der Waals surface area contributed by atoms with Gasteiger partial charge in [-0.25, -0.2) is 4.39 Å². The van der Waals surface area contributed by atoms with Crippen molar-refractivity contribution < 1.29 is 18.7 Å². The molecule has 25 heavy (non-hydrogen) atoms. The van der Waals surface area contributed by atoms with Crippen molar-refractivity contribution in [2.24, 2.45) is 11.8 Å². The molecule has 0 bridgehead atoms. The van der Waals surface area contributed by atoms with Crippen molar-refractivity contribution in [2.45, 2.75) is 26.2 Å². The Hall–Kier alpha value is -2.11. The highest BCUT2D eigenvalue weighted by atomic mass is 19.1. The second-order valence-corrected chi connectivity index (χ2v) is 6.89. The van der Waals surface area contributed by atoms with Crippen LogP contribution in [0.25, 0.3) is 0 Å². The van der Waals surface area contributed by atoms with Crippen LogP contribution in [-0.2, 0) is 9.59 Å². The van der Waals surface area contributed by atoms with E-state index in [2.05, 4.69) is 0 Å². The molecule has 2 aliphatic rings. The predicted molar refractivity (Wildman–Crippen MR) is 91.6 cm³/mol. The Kier molecular flexibility index (Phi) is 5.56. The Morgan fingerprint density at radius 1 is 1.28 bits per heavy atom. The van der Waals surface area contributed by atoms with Gasteiger partial charge in [0.2, 0.25) is 11.8 Å². The first-order chi connectivity index (χ1) is 12.1. The zero-order valence-electron chi connectivity index (χ0n) is 14.6. The highest BCUT2D eigenvalue weighted by Gasteiger charge is 2.37. The van der Waals surface area contributed by atoms with E-state index in [1.54, 1.807) is 17.0 Å². The first kappa shape index (κ1) is 17.7. The number of halogens is 1. The van der Waals surface area contributed by atoms with Crippen LogP contribution < -0.4 is 4.74 Å². The zero-order chi connectivity index (χ0) is 17.8. The average Bonchev–Trinajstić information content (AvgIpc) is 3.01. The highest BCUT2D eigenvalue weighted by Crippen LogP contribution is 2.24. The number of carbonyl (C=O) groups is 2. The molecule has 6 heteroatoms. The number of rotatable bonds is 5. The number of hydrogen-bond acceptors (Lipinski definition) is 3. The van der Waals surface area contributed by atoms with Crippen LogP contribution in [0.2, 0.25) is 0 Å². The van der Waals surface area contributed by atoms with Crippen molar-refractivity contribution >= 4 is 11.8 Å². The molecule has 1 aromatic carbocycles. The quantitative estimate of drug-likeness (QED) is 0.820. The molecule has 0 aliphatic carbocycles. The van der Waals surface area contributed by atoms with E-state index in [1.807, 2.05) is 11.8 Å². The lowest BCUT2D eigenvalue weighted by atomic mass is 9.97. The van der Waals surface area contributed by atoms with Crippen LogP contribution in [0.1, 0.15) is 26.2 Å². The SMILES string of the molecule is CCN1C[C@H](C(=O)N2CCC[C@H](COc3ccc(F)cc3)C2)CC1=O. The molecule has 1 aromatic rings. The lowest BCUT2D eigenvalue weighted by molar-refractivity contribution is -0.137. The van der Waals surface area contributed by atoms with Gasteiger partial charge >= 0.3 is 0 Å². The van der Waals surface area contributed by atoms with E-state index in [9.17, 15) is 14.0 Å². The molecule has 3 rings (SSSR count). The van der Waals surface area contributed by atoms with Gasteiger partial charge < -0.3 is 14.5 Å². The maximum absolute atomic E-state index is 12.9. The first-order valence-electron chi connectivity index (χ1n) is 9.01. The summed E-state index contributed by atoms with van der Waals surface area (Å²) in [5.74, 6) is 0.593. The molecule has 0 unspecified atom stereocenters. The van der Waals surface area contributed by atoms with Gasteiger partial charge in [-0.2, -0.15) is 0 Å². The zero-order valence-corrected chi connectivity index (χ0v) is 14.6. The van der Waals surface area contributed by atoms with E-state index < -0.39 is 0 Å². The standard InChI is InChI=1S/C19H25FN2O3/c1-2-21-12-15(10-18(21)23)19(24)22-9-3-4-14(11-22)13-25-17-7-5-16(20)6-8-17/h5-8,14-15H,2-4,9-13H2,1H3/t14-,15+/m0/s1. The molecule has 2 aliphatic heterocycles. The van der Waals surface area contributed by atoms with Crippen molar-refractivity contribution in [3.05, 3.63) is 30.1 Å². The Morgan fingerprint density at radius 3 is 2.72 bits per heavy atom. The number of ether oxygens (including phenoxy) is 1. The fourth-order valence-electron chi connectivity index (χ4n) is 3.65. The highest BCUT2D eigenvalue weighted by molar-refractivity contribution is 5.89. The van der Waals surface area contributed by atoms with E-state index in [4.69, 9.17) is 4.74 Å². The van der Waals surface area contributed by atoms with Crippen LogP contribution in [0, 0.1) is 17.7 Å². The van der Waals surface area contributed by atoms with Gasteiger partial charge in [0, 0.05) is 38.5 Å². The van der Waals surface area contributed by atoms with Gasteiger partial charge in [-0.15, -0.1) is 0 Å². The molecule has 0 N–H and O–H groups in total. The summed E-state index contributed by atoms with van der Waals surface area (Å²) in [7, 11) is 0. The predicted octanol–water partition coefficient (Wildman–Crippen LogP) is 2.31. The minimum atomic E-state index is -0.283. The summed E-state index contributed by atoms with van der Waals surface area (Å²) >= 11 is 0. The average molecular weight is 348 g/mol. The van der Waals surface area contributed by atoms with Crippen molar-refractivity contribution in [1.82, 2.24) is 9.80 Å². The van der Waals surface area contributed by atoms with Crippen molar-refractivity contribution in [2.75, 3.05) is 32.8 Å². The van der Waals surface area contributed by atoms with Crippen LogP contribution in [0.5, 0.6) is 5.75 Å². The first-order valence-corrected chi connectivity index (χ1v) is 9.01. The summed E-state index contributed by atoms with van der Waals surface area (Å²) in [5.41, 5.74) is 0. The van der Waals surface area contributed by atoms with E-state index in [1.165, 1.54) is 12.1 Å². The molecule has 2 atom stereocenters. The number of benzene rings is 1. The number of carbonyl (C=O) groups excluding carboxylic acids is 2. The van der Waals surface area contributed by atoms with Gasteiger partial charge in [0.15, 0.2) is 0 Å². The second kappa shape index (κ2) is 7.85. The third-order valence-corrected chi connectivity index (χ3v) is 5.08. The van der Waals surface area contributed by atoms with Crippen LogP contribution >= 0.6 is 0 Å². The monoisotopic (exact) mass is 348 g/mol. The van der Waals surface area contributed by atoms with Crippen molar-refractivity contribution in [3.63, 3.8) is 0 Å². The Morgan fingerprint density at radius 2 is 2.04 bits per heavy atom. The summed E-state index contributed by atoms with van der Waals surface area (Å²) in [4.78, 5) is 28.2. The largest absolute Gasteiger partial charge is 0.493 e. The van der Waals surface area contributed by atoms with E-state index in [0.717, 1.165) is 19.4 Å². The van der Waals surface area contributed by atoms with Gasteiger partial charge in [-0.05, 0) is 44.0 Å². The fraction of sp³-hybridized carbons (Fsp3) is 0.579. The van der Waals surface area contributed by atoms with Crippen molar-refractivity contribution in [1.29, 1.82) is 0 Å². The maximum Gasteiger partial charge on any atom is 0.228 e. The molecule has 0 radical (unpaired) electrons. The van der Waals surface area contributed by atoms with Gasteiger partial charge in [0.25, 0.3) is 0 Å². The maximum atomic E-state index is 12.9. The number of amides is 2. The van der Waals surface area contributed by atoms with Crippen LogP contribution in [-0.4, -0.2) is 54.4 Å². The topological polar surface area (TPSA) is 49.9 Å². The van der Waals surface area contributed by atoms with E-state index in [0.29, 0.717) is 38.4 Å². The third-order valence-electron chi connectivity index (χ3n) is 5.08. The Balaban J connectivity index is 1.51. The van der Waals surface area contributed by atoms with Crippen LogP contribution in [0.3, 0.4) is 0 Å². The van der Waals surface area contributed by atoms with Gasteiger partial charge in [0.1, 0.15) is 11.6 Å². The molecular weight excluding hydrogens is 323 g/mol.